The van der Waals surface area contributed by atoms with Crippen LogP contribution in [0, 0.1) is 11.2 Å². The molecule has 4 N–H and O–H groups in total. The highest BCUT2D eigenvalue weighted by atomic mass is 19.1. The van der Waals surface area contributed by atoms with Crippen molar-refractivity contribution >= 4 is 11.9 Å². The number of rotatable bonds is 3. The number of carboxylic acids is 1. The first kappa shape index (κ1) is 15.1. The lowest BCUT2D eigenvalue weighted by atomic mass is 9.75. The van der Waals surface area contributed by atoms with E-state index in [-0.39, 0.29) is 11.7 Å². The number of benzene rings is 1. The maximum absolute atomic E-state index is 13.4. The first-order valence-corrected chi connectivity index (χ1v) is 5.81. The Balaban J connectivity index is 0.000000399. The summed E-state index contributed by atoms with van der Waals surface area (Å²) in [6.07, 6.45) is 0.377. The minimum absolute atomic E-state index is 0.273. The molecule has 1 aromatic carbocycles. The SMILES string of the molecule is CC(=O)O.NC(=O)C1(Cc2ccccc2F)CNC1. The van der Waals surface area contributed by atoms with Gasteiger partial charge in [-0.25, -0.2) is 4.39 Å². The van der Waals surface area contributed by atoms with E-state index in [0.29, 0.717) is 25.1 Å². The Hall–Kier alpha value is -1.95. The number of carboxylic acid groups (broad SMARTS) is 1. The Morgan fingerprint density at radius 1 is 1.42 bits per heavy atom. The second-order valence-electron chi connectivity index (χ2n) is 4.54. The van der Waals surface area contributed by atoms with Crippen LogP contribution < -0.4 is 11.1 Å². The number of hydrogen-bond donors (Lipinski definition) is 3. The fourth-order valence-electron chi connectivity index (χ4n) is 1.82. The molecule has 1 amide bonds. The highest BCUT2D eigenvalue weighted by Gasteiger charge is 2.43. The summed E-state index contributed by atoms with van der Waals surface area (Å²) in [5.41, 5.74) is 5.29. The van der Waals surface area contributed by atoms with Crippen molar-refractivity contribution in [2.24, 2.45) is 11.1 Å². The van der Waals surface area contributed by atoms with Crippen LogP contribution in [0.5, 0.6) is 0 Å². The molecule has 1 aliphatic rings. The summed E-state index contributed by atoms with van der Waals surface area (Å²) >= 11 is 0. The van der Waals surface area contributed by atoms with Crippen molar-refractivity contribution in [3.05, 3.63) is 35.6 Å². The van der Waals surface area contributed by atoms with E-state index < -0.39 is 11.4 Å². The minimum atomic E-state index is -0.833. The number of primary amides is 1. The number of amides is 1. The van der Waals surface area contributed by atoms with Gasteiger partial charge in [0.1, 0.15) is 5.82 Å². The third kappa shape index (κ3) is 4.03. The average molecular weight is 268 g/mol. The molecule has 0 saturated carbocycles. The van der Waals surface area contributed by atoms with Crippen LogP contribution >= 0.6 is 0 Å². The molecule has 19 heavy (non-hydrogen) atoms. The number of halogens is 1. The van der Waals surface area contributed by atoms with E-state index in [0.717, 1.165) is 6.92 Å². The van der Waals surface area contributed by atoms with Gasteiger partial charge in [0.05, 0.1) is 5.41 Å². The van der Waals surface area contributed by atoms with Gasteiger partial charge in [0, 0.05) is 20.0 Å². The van der Waals surface area contributed by atoms with Crippen LogP contribution in [0.4, 0.5) is 4.39 Å². The van der Waals surface area contributed by atoms with Crippen LogP contribution in [0.1, 0.15) is 12.5 Å². The molecular weight excluding hydrogens is 251 g/mol. The predicted octanol–water partition coefficient (Wildman–Crippen LogP) is 0.534. The maximum Gasteiger partial charge on any atom is 0.300 e. The van der Waals surface area contributed by atoms with Crippen LogP contribution in [-0.2, 0) is 16.0 Å². The van der Waals surface area contributed by atoms with Crippen molar-refractivity contribution in [2.45, 2.75) is 13.3 Å². The molecule has 0 bridgehead atoms. The molecule has 0 aliphatic carbocycles. The molecule has 1 aromatic rings. The number of carbonyl (C=O) groups excluding carboxylic acids is 1. The molecule has 2 rings (SSSR count). The molecule has 0 aromatic heterocycles. The molecule has 6 heteroatoms. The third-order valence-corrected chi connectivity index (χ3v) is 2.94. The monoisotopic (exact) mass is 268 g/mol. The topological polar surface area (TPSA) is 92.4 Å². The molecule has 0 atom stereocenters. The highest BCUT2D eigenvalue weighted by Crippen LogP contribution is 2.28. The molecule has 0 unspecified atom stereocenters. The van der Waals surface area contributed by atoms with E-state index in [1.54, 1.807) is 18.2 Å². The van der Waals surface area contributed by atoms with Crippen molar-refractivity contribution in [1.29, 1.82) is 0 Å². The maximum atomic E-state index is 13.4. The summed E-state index contributed by atoms with van der Waals surface area (Å²) in [5.74, 6) is -1.46. The summed E-state index contributed by atoms with van der Waals surface area (Å²) in [6.45, 7) is 2.16. The number of aliphatic carboxylic acids is 1. The van der Waals surface area contributed by atoms with Gasteiger partial charge >= 0.3 is 0 Å². The van der Waals surface area contributed by atoms with Gasteiger partial charge < -0.3 is 16.2 Å². The van der Waals surface area contributed by atoms with Gasteiger partial charge in [0.2, 0.25) is 5.91 Å². The second-order valence-corrected chi connectivity index (χ2v) is 4.54. The van der Waals surface area contributed by atoms with Gasteiger partial charge in [0.25, 0.3) is 5.97 Å². The van der Waals surface area contributed by atoms with Crippen LogP contribution in [0.15, 0.2) is 24.3 Å². The molecule has 0 spiro atoms. The highest BCUT2D eigenvalue weighted by molar-refractivity contribution is 5.82. The van der Waals surface area contributed by atoms with Crippen molar-refractivity contribution in [3.8, 4) is 0 Å². The van der Waals surface area contributed by atoms with Crippen molar-refractivity contribution in [1.82, 2.24) is 5.32 Å². The minimum Gasteiger partial charge on any atom is -0.481 e. The van der Waals surface area contributed by atoms with Gasteiger partial charge in [0.15, 0.2) is 0 Å². The number of nitrogens with two attached hydrogens (primary N) is 1. The summed E-state index contributed by atoms with van der Waals surface area (Å²) in [6, 6.07) is 6.49. The fraction of sp³-hybridized carbons (Fsp3) is 0.385. The van der Waals surface area contributed by atoms with Gasteiger partial charge in [-0.1, -0.05) is 18.2 Å². The normalized spacial score (nSPS) is 15.7. The largest absolute Gasteiger partial charge is 0.481 e. The molecule has 1 heterocycles. The van der Waals surface area contributed by atoms with Crippen LogP contribution in [0.3, 0.4) is 0 Å². The van der Waals surface area contributed by atoms with E-state index >= 15 is 0 Å². The molecule has 0 radical (unpaired) electrons. The molecule has 104 valence electrons. The van der Waals surface area contributed by atoms with Gasteiger partial charge in [-0.15, -0.1) is 0 Å². The van der Waals surface area contributed by atoms with E-state index in [4.69, 9.17) is 15.6 Å². The fourth-order valence-corrected chi connectivity index (χ4v) is 1.82. The van der Waals surface area contributed by atoms with Gasteiger partial charge in [-0.05, 0) is 18.1 Å². The molecule has 1 saturated heterocycles. The molecule has 1 fully saturated rings. The summed E-state index contributed by atoms with van der Waals surface area (Å²) in [7, 11) is 0. The summed E-state index contributed by atoms with van der Waals surface area (Å²) < 4.78 is 13.4. The first-order chi connectivity index (χ1) is 8.87. The van der Waals surface area contributed by atoms with E-state index in [1.165, 1.54) is 6.07 Å². The van der Waals surface area contributed by atoms with Crippen molar-refractivity contribution < 1.29 is 19.1 Å². The Labute approximate surface area is 110 Å². The zero-order chi connectivity index (χ0) is 14.5. The summed E-state index contributed by atoms with van der Waals surface area (Å²) in [5, 5.41) is 10.4. The average Bonchev–Trinajstić information content (AvgIpc) is 2.24. The Kier molecular flexibility index (Phi) is 5.00. The van der Waals surface area contributed by atoms with Crippen LogP contribution in [-0.4, -0.2) is 30.1 Å². The zero-order valence-corrected chi connectivity index (χ0v) is 10.6. The number of nitrogens with one attached hydrogen (secondary N) is 1. The number of hydrogen-bond acceptors (Lipinski definition) is 3. The third-order valence-electron chi connectivity index (χ3n) is 2.94. The summed E-state index contributed by atoms with van der Waals surface area (Å²) in [4.78, 5) is 20.3. The van der Waals surface area contributed by atoms with Gasteiger partial charge in [-0.3, -0.25) is 9.59 Å². The number of carbonyl (C=O) groups is 2. The van der Waals surface area contributed by atoms with E-state index in [2.05, 4.69) is 5.32 Å². The smallest absolute Gasteiger partial charge is 0.300 e. The second kappa shape index (κ2) is 6.29. The quantitative estimate of drug-likeness (QED) is 0.745. The van der Waals surface area contributed by atoms with Gasteiger partial charge in [-0.2, -0.15) is 0 Å². The molecular formula is C13H17FN2O3. The predicted molar refractivity (Wildman–Crippen MR) is 67.9 cm³/mol. The lowest BCUT2D eigenvalue weighted by Gasteiger charge is -2.39. The van der Waals surface area contributed by atoms with E-state index in [9.17, 15) is 9.18 Å². The van der Waals surface area contributed by atoms with Crippen LogP contribution in [0.2, 0.25) is 0 Å². The first-order valence-electron chi connectivity index (χ1n) is 5.81. The van der Waals surface area contributed by atoms with Crippen LogP contribution in [0.25, 0.3) is 0 Å². The molecule has 1 aliphatic heterocycles. The lowest BCUT2D eigenvalue weighted by Crippen LogP contribution is -2.61. The van der Waals surface area contributed by atoms with Crippen molar-refractivity contribution in [2.75, 3.05) is 13.1 Å². The zero-order valence-electron chi connectivity index (χ0n) is 10.6. The van der Waals surface area contributed by atoms with E-state index in [1.807, 2.05) is 0 Å². The Bertz CT molecular complexity index is 469. The molecule has 5 nitrogen and oxygen atoms in total. The van der Waals surface area contributed by atoms with Crippen molar-refractivity contribution in [3.63, 3.8) is 0 Å². The Morgan fingerprint density at radius 2 is 1.95 bits per heavy atom. The Morgan fingerprint density at radius 3 is 2.32 bits per heavy atom. The standard InChI is InChI=1S/C11H13FN2O.C2H4O2/c12-9-4-2-1-3-8(9)5-11(10(13)15)6-14-7-11;1-2(3)4/h1-4,14H,5-7H2,(H2,13,15);1H3,(H,3,4). The lowest BCUT2D eigenvalue weighted by molar-refractivity contribution is -0.134.